The fraction of sp³-hybridized carbons (Fsp3) is 0.133. The van der Waals surface area contributed by atoms with Gasteiger partial charge in [-0.15, -0.1) is 0 Å². The Hall–Kier alpha value is -1.45. The van der Waals surface area contributed by atoms with E-state index >= 15 is 0 Å². The lowest BCUT2D eigenvalue weighted by atomic mass is 9.99. The second-order valence-electron chi connectivity index (χ2n) is 4.22. The van der Waals surface area contributed by atoms with E-state index in [1.54, 1.807) is 0 Å². The van der Waals surface area contributed by atoms with Gasteiger partial charge in [0.05, 0.1) is 0 Å². The van der Waals surface area contributed by atoms with Crippen molar-refractivity contribution in [2.75, 3.05) is 0 Å². The smallest absolute Gasteiger partial charge is 0.194 e. The molecule has 2 aromatic rings. The van der Waals surface area contributed by atoms with Crippen LogP contribution < -0.4 is 5.73 Å². The van der Waals surface area contributed by atoms with Gasteiger partial charge in [-0.25, -0.2) is 0 Å². The molecule has 0 radical (unpaired) electrons. The molecule has 0 amide bonds. The zero-order chi connectivity index (χ0) is 13.1. The molecule has 0 saturated heterocycles. The molecule has 0 aliphatic heterocycles. The van der Waals surface area contributed by atoms with E-state index in [0.717, 1.165) is 10.0 Å². The SMILES string of the molecule is CC(N)c1cccc(C(=O)c2ccccc2Br)c1. The van der Waals surface area contributed by atoms with E-state index in [1.165, 1.54) is 0 Å². The van der Waals surface area contributed by atoms with E-state index < -0.39 is 0 Å². The molecule has 1 unspecified atom stereocenters. The van der Waals surface area contributed by atoms with E-state index in [1.807, 2.05) is 55.5 Å². The molecule has 0 bridgehead atoms. The molecular formula is C15H14BrNO. The van der Waals surface area contributed by atoms with Crippen LogP contribution in [0, 0.1) is 0 Å². The second-order valence-corrected chi connectivity index (χ2v) is 5.08. The summed E-state index contributed by atoms with van der Waals surface area (Å²) in [6.07, 6.45) is 0. The molecular weight excluding hydrogens is 290 g/mol. The van der Waals surface area contributed by atoms with Crippen molar-refractivity contribution in [1.82, 2.24) is 0 Å². The van der Waals surface area contributed by atoms with E-state index in [2.05, 4.69) is 15.9 Å². The van der Waals surface area contributed by atoms with Gasteiger partial charge in [0, 0.05) is 21.6 Å². The Kier molecular flexibility index (Phi) is 3.94. The van der Waals surface area contributed by atoms with Crippen LogP contribution in [0.4, 0.5) is 0 Å². The Morgan fingerprint density at radius 2 is 1.89 bits per heavy atom. The molecule has 0 aliphatic rings. The van der Waals surface area contributed by atoms with E-state index in [-0.39, 0.29) is 11.8 Å². The molecule has 0 fully saturated rings. The van der Waals surface area contributed by atoms with Crippen molar-refractivity contribution in [3.63, 3.8) is 0 Å². The van der Waals surface area contributed by atoms with Crippen LogP contribution in [0.15, 0.2) is 53.0 Å². The van der Waals surface area contributed by atoms with Gasteiger partial charge in [-0.3, -0.25) is 4.79 Å². The Bertz CT molecular complexity index is 578. The number of ketones is 1. The van der Waals surface area contributed by atoms with Gasteiger partial charge >= 0.3 is 0 Å². The summed E-state index contributed by atoms with van der Waals surface area (Å²) in [6.45, 7) is 1.90. The van der Waals surface area contributed by atoms with Gasteiger partial charge in [0.25, 0.3) is 0 Å². The van der Waals surface area contributed by atoms with Crippen molar-refractivity contribution in [3.05, 3.63) is 69.7 Å². The summed E-state index contributed by atoms with van der Waals surface area (Å²) in [6, 6.07) is 14.8. The third-order valence-corrected chi connectivity index (χ3v) is 3.48. The average molecular weight is 304 g/mol. The highest BCUT2D eigenvalue weighted by Crippen LogP contribution is 2.21. The standard InChI is InChI=1S/C15H14BrNO/c1-10(17)11-5-4-6-12(9-11)15(18)13-7-2-3-8-14(13)16/h2-10H,17H2,1H3. The molecule has 3 heteroatoms. The highest BCUT2D eigenvalue weighted by Gasteiger charge is 2.12. The zero-order valence-electron chi connectivity index (χ0n) is 10.1. The summed E-state index contributed by atoms with van der Waals surface area (Å²) in [5.41, 5.74) is 8.13. The predicted molar refractivity (Wildman–Crippen MR) is 76.6 cm³/mol. The minimum atomic E-state index is -0.0723. The lowest BCUT2D eigenvalue weighted by Gasteiger charge is -2.08. The summed E-state index contributed by atoms with van der Waals surface area (Å²) in [4.78, 5) is 12.4. The van der Waals surface area contributed by atoms with Crippen LogP contribution >= 0.6 is 15.9 Å². The quantitative estimate of drug-likeness (QED) is 0.879. The Morgan fingerprint density at radius 3 is 2.56 bits per heavy atom. The summed E-state index contributed by atoms with van der Waals surface area (Å²) >= 11 is 3.40. The van der Waals surface area contributed by atoms with Gasteiger partial charge in [0.15, 0.2) is 5.78 Å². The van der Waals surface area contributed by atoms with Gasteiger partial charge in [0.1, 0.15) is 0 Å². The summed E-state index contributed by atoms with van der Waals surface area (Å²) < 4.78 is 0.807. The van der Waals surface area contributed by atoms with Crippen molar-refractivity contribution < 1.29 is 4.79 Å². The number of rotatable bonds is 3. The third kappa shape index (κ3) is 2.68. The number of carbonyl (C=O) groups is 1. The molecule has 1 atom stereocenters. The summed E-state index contributed by atoms with van der Waals surface area (Å²) in [5.74, 6) is 0.00461. The van der Waals surface area contributed by atoms with Gasteiger partial charge in [-0.05, 0) is 30.7 Å². The number of hydrogen-bond donors (Lipinski definition) is 1. The minimum absolute atomic E-state index is 0.00461. The topological polar surface area (TPSA) is 43.1 Å². The van der Waals surface area contributed by atoms with Gasteiger partial charge < -0.3 is 5.73 Å². The maximum absolute atomic E-state index is 12.4. The number of nitrogens with two attached hydrogens (primary N) is 1. The van der Waals surface area contributed by atoms with Crippen LogP contribution in [0.25, 0.3) is 0 Å². The third-order valence-electron chi connectivity index (χ3n) is 2.79. The first-order valence-electron chi connectivity index (χ1n) is 5.74. The molecule has 92 valence electrons. The molecule has 0 spiro atoms. The lowest BCUT2D eigenvalue weighted by Crippen LogP contribution is -2.08. The van der Waals surface area contributed by atoms with Crippen LogP contribution in [-0.2, 0) is 0 Å². The predicted octanol–water partition coefficient (Wildman–Crippen LogP) is 3.70. The molecule has 0 saturated carbocycles. The minimum Gasteiger partial charge on any atom is -0.324 e. The van der Waals surface area contributed by atoms with Crippen LogP contribution in [0.1, 0.15) is 34.5 Å². The van der Waals surface area contributed by atoms with Crippen molar-refractivity contribution in [2.24, 2.45) is 5.73 Å². The average Bonchev–Trinajstić information content (AvgIpc) is 2.38. The number of halogens is 1. The van der Waals surface area contributed by atoms with Crippen LogP contribution in [0.2, 0.25) is 0 Å². The first-order chi connectivity index (χ1) is 8.59. The molecule has 0 aromatic heterocycles. The number of benzene rings is 2. The first kappa shape index (κ1) is 13.0. The molecule has 2 aromatic carbocycles. The first-order valence-corrected chi connectivity index (χ1v) is 6.53. The van der Waals surface area contributed by atoms with E-state index in [0.29, 0.717) is 11.1 Å². The maximum Gasteiger partial charge on any atom is 0.194 e. The maximum atomic E-state index is 12.4. The van der Waals surface area contributed by atoms with Crippen LogP contribution in [0.3, 0.4) is 0 Å². The molecule has 2 nitrogen and oxygen atoms in total. The molecule has 2 N–H and O–H groups in total. The van der Waals surface area contributed by atoms with E-state index in [9.17, 15) is 4.79 Å². The number of hydrogen-bond acceptors (Lipinski definition) is 2. The van der Waals surface area contributed by atoms with Crippen molar-refractivity contribution in [2.45, 2.75) is 13.0 Å². The highest BCUT2D eigenvalue weighted by atomic mass is 79.9. The fourth-order valence-electron chi connectivity index (χ4n) is 1.76. The van der Waals surface area contributed by atoms with Crippen molar-refractivity contribution in [3.8, 4) is 0 Å². The van der Waals surface area contributed by atoms with Crippen LogP contribution in [-0.4, -0.2) is 5.78 Å². The van der Waals surface area contributed by atoms with Crippen LogP contribution in [0.5, 0.6) is 0 Å². The monoisotopic (exact) mass is 303 g/mol. The van der Waals surface area contributed by atoms with Gasteiger partial charge in [0.2, 0.25) is 0 Å². The lowest BCUT2D eigenvalue weighted by molar-refractivity contribution is 0.103. The van der Waals surface area contributed by atoms with Gasteiger partial charge in [-0.2, -0.15) is 0 Å². The zero-order valence-corrected chi connectivity index (χ0v) is 11.6. The van der Waals surface area contributed by atoms with Gasteiger partial charge in [-0.1, -0.05) is 46.3 Å². The van der Waals surface area contributed by atoms with Crippen molar-refractivity contribution >= 4 is 21.7 Å². The normalized spacial score (nSPS) is 12.2. The molecule has 2 rings (SSSR count). The molecule has 0 aliphatic carbocycles. The van der Waals surface area contributed by atoms with E-state index in [4.69, 9.17) is 5.73 Å². The Morgan fingerprint density at radius 1 is 1.17 bits per heavy atom. The fourth-order valence-corrected chi connectivity index (χ4v) is 2.23. The Labute approximate surface area is 115 Å². The summed E-state index contributed by atoms with van der Waals surface area (Å²) in [5, 5.41) is 0. The summed E-state index contributed by atoms with van der Waals surface area (Å²) in [7, 11) is 0. The molecule has 0 heterocycles. The highest BCUT2D eigenvalue weighted by molar-refractivity contribution is 9.10. The number of carbonyl (C=O) groups excluding carboxylic acids is 1. The van der Waals surface area contributed by atoms with Crippen molar-refractivity contribution in [1.29, 1.82) is 0 Å². The molecule has 18 heavy (non-hydrogen) atoms. The Balaban J connectivity index is 2.41. The largest absolute Gasteiger partial charge is 0.324 e. The second kappa shape index (κ2) is 5.46.